The molecule has 168 valence electrons. The van der Waals surface area contributed by atoms with Gasteiger partial charge in [0.2, 0.25) is 0 Å². The molecule has 1 aliphatic rings. The summed E-state index contributed by atoms with van der Waals surface area (Å²) in [6, 6.07) is 14.2. The van der Waals surface area contributed by atoms with Crippen LogP contribution in [0.4, 0.5) is 10.8 Å². The van der Waals surface area contributed by atoms with E-state index in [0.29, 0.717) is 41.8 Å². The second kappa shape index (κ2) is 9.09. The number of sulfonamides is 1. The molecule has 0 spiro atoms. The number of hydrogen-bond acceptors (Lipinski definition) is 6. The second-order valence-corrected chi connectivity index (χ2v) is 10.7. The molecule has 4 rings (SSSR count). The van der Waals surface area contributed by atoms with E-state index < -0.39 is 10.0 Å². The molecule has 0 atom stereocenters. The molecule has 10 heteroatoms. The Hall–Kier alpha value is -2.62. The number of amides is 1. The summed E-state index contributed by atoms with van der Waals surface area (Å²) in [6.45, 7) is 6.03. The van der Waals surface area contributed by atoms with Crippen molar-refractivity contribution in [2.75, 3.05) is 35.8 Å². The van der Waals surface area contributed by atoms with E-state index in [1.807, 2.05) is 31.2 Å². The van der Waals surface area contributed by atoms with Crippen molar-refractivity contribution in [2.45, 2.75) is 18.7 Å². The van der Waals surface area contributed by atoms with Crippen molar-refractivity contribution in [2.24, 2.45) is 0 Å². The van der Waals surface area contributed by atoms with Gasteiger partial charge in [0.25, 0.3) is 15.9 Å². The summed E-state index contributed by atoms with van der Waals surface area (Å²) >= 11 is 7.35. The second-order valence-electron chi connectivity index (χ2n) is 7.58. The van der Waals surface area contributed by atoms with Gasteiger partial charge in [0.15, 0.2) is 5.13 Å². The summed E-state index contributed by atoms with van der Waals surface area (Å²) in [5, 5.41) is 0.872. The van der Waals surface area contributed by atoms with Crippen molar-refractivity contribution >= 4 is 49.7 Å². The lowest BCUT2D eigenvalue weighted by molar-refractivity contribution is 0.0750. The summed E-state index contributed by atoms with van der Waals surface area (Å²) in [7, 11) is -3.77. The summed E-state index contributed by atoms with van der Waals surface area (Å²) in [6.07, 6.45) is 0. The number of rotatable bonds is 5. The Kier molecular flexibility index (Phi) is 6.41. The molecule has 1 fully saturated rings. The third kappa shape index (κ3) is 4.74. The molecule has 1 aromatic heterocycles. The van der Waals surface area contributed by atoms with Gasteiger partial charge in [-0.3, -0.25) is 9.52 Å². The van der Waals surface area contributed by atoms with Crippen LogP contribution in [0.2, 0.25) is 5.02 Å². The van der Waals surface area contributed by atoms with E-state index in [9.17, 15) is 13.2 Å². The first kappa shape index (κ1) is 22.6. The molecule has 0 radical (unpaired) electrons. The minimum Gasteiger partial charge on any atom is -0.367 e. The lowest BCUT2D eigenvalue weighted by atomic mass is 10.2. The fourth-order valence-corrected chi connectivity index (χ4v) is 5.96. The van der Waals surface area contributed by atoms with E-state index in [2.05, 4.69) is 14.6 Å². The Morgan fingerprint density at radius 2 is 1.69 bits per heavy atom. The van der Waals surface area contributed by atoms with Crippen LogP contribution in [0.3, 0.4) is 0 Å². The molecule has 3 aromatic rings. The van der Waals surface area contributed by atoms with Gasteiger partial charge in [-0.2, -0.15) is 0 Å². The summed E-state index contributed by atoms with van der Waals surface area (Å²) < 4.78 is 27.8. The van der Waals surface area contributed by atoms with Gasteiger partial charge in [-0.15, -0.1) is 0 Å². The van der Waals surface area contributed by atoms with Crippen molar-refractivity contribution in [3.05, 3.63) is 69.7 Å². The number of piperazine rings is 1. The summed E-state index contributed by atoms with van der Waals surface area (Å²) in [4.78, 5) is 21.9. The van der Waals surface area contributed by atoms with Gasteiger partial charge >= 0.3 is 0 Å². The molecular formula is C22H23ClN4O3S2. The topological polar surface area (TPSA) is 82.6 Å². The van der Waals surface area contributed by atoms with Crippen LogP contribution in [-0.4, -0.2) is 50.4 Å². The molecule has 0 unspecified atom stereocenters. The molecule has 0 bridgehead atoms. The fourth-order valence-electron chi connectivity index (χ4n) is 3.53. The lowest BCUT2D eigenvalue weighted by Gasteiger charge is -2.36. The maximum Gasteiger partial charge on any atom is 0.266 e. The van der Waals surface area contributed by atoms with E-state index in [4.69, 9.17) is 11.6 Å². The van der Waals surface area contributed by atoms with Gasteiger partial charge in [0, 0.05) is 26.2 Å². The quantitative estimate of drug-likeness (QED) is 0.580. The van der Waals surface area contributed by atoms with Crippen molar-refractivity contribution in [1.29, 1.82) is 0 Å². The Bertz CT molecular complexity index is 1230. The number of nitrogens with zero attached hydrogens (tertiary/aromatic N) is 3. The number of hydrogen-bond donors (Lipinski definition) is 1. The van der Waals surface area contributed by atoms with Crippen LogP contribution < -0.4 is 9.62 Å². The number of para-hydroxylation sites is 1. The van der Waals surface area contributed by atoms with Crippen molar-refractivity contribution in [1.82, 2.24) is 9.88 Å². The van der Waals surface area contributed by atoms with Crippen LogP contribution in [0.5, 0.6) is 0 Å². The van der Waals surface area contributed by atoms with Crippen LogP contribution >= 0.6 is 22.9 Å². The average Bonchev–Trinajstić information content (AvgIpc) is 3.13. The monoisotopic (exact) mass is 490 g/mol. The van der Waals surface area contributed by atoms with Gasteiger partial charge < -0.3 is 9.80 Å². The highest BCUT2D eigenvalue weighted by atomic mass is 35.5. The standard InChI is InChI=1S/C22H23ClN4O3S2/c1-15-7-9-17(10-8-15)32(29,30)25-22-24-16(2)20(31-22)21(28)27-13-11-26(12-14-27)19-6-4-3-5-18(19)23/h3-10H,11-14H2,1-2H3,(H,24,25). The van der Waals surface area contributed by atoms with Crippen molar-refractivity contribution < 1.29 is 13.2 Å². The SMILES string of the molecule is Cc1ccc(S(=O)(=O)Nc2nc(C)c(C(=O)N3CCN(c4ccccc4Cl)CC3)s2)cc1. The van der Waals surface area contributed by atoms with Crippen molar-refractivity contribution in [3.63, 3.8) is 0 Å². The number of carbonyl (C=O) groups is 1. The van der Waals surface area contributed by atoms with Crippen LogP contribution in [0.25, 0.3) is 0 Å². The van der Waals surface area contributed by atoms with E-state index in [0.717, 1.165) is 22.6 Å². The number of carbonyl (C=O) groups excluding carboxylic acids is 1. The molecule has 0 saturated carbocycles. The Balaban J connectivity index is 1.44. The number of halogens is 1. The maximum absolute atomic E-state index is 13.1. The maximum atomic E-state index is 13.1. The minimum absolute atomic E-state index is 0.139. The minimum atomic E-state index is -3.77. The van der Waals surface area contributed by atoms with Crippen molar-refractivity contribution in [3.8, 4) is 0 Å². The van der Waals surface area contributed by atoms with E-state index in [-0.39, 0.29) is 15.9 Å². The zero-order chi connectivity index (χ0) is 22.9. The molecule has 1 aliphatic heterocycles. The largest absolute Gasteiger partial charge is 0.367 e. The highest BCUT2D eigenvalue weighted by Crippen LogP contribution is 2.29. The predicted octanol–water partition coefficient (Wildman–Crippen LogP) is 4.18. The highest BCUT2D eigenvalue weighted by molar-refractivity contribution is 7.93. The number of aromatic nitrogens is 1. The summed E-state index contributed by atoms with van der Waals surface area (Å²) in [5.74, 6) is -0.139. The Morgan fingerprint density at radius 3 is 2.34 bits per heavy atom. The number of anilines is 2. The zero-order valence-electron chi connectivity index (χ0n) is 17.7. The third-order valence-electron chi connectivity index (χ3n) is 5.30. The Morgan fingerprint density at radius 1 is 1.03 bits per heavy atom. The smallest absolute Gasteiger partial charge is 0.266 e. The van der Waals surface area contributed by atoms with Gasteiger partial charge in [0.1, 0.15) is 4.88 Å². The molecule has 7 nitrogen and oxygen atoms in total. The third-order valence-corrected chi connectivity index (χ3v) is 8.17. The number of benzene rings is 2. The zero-order valence-corrected chi connectivity index (χ0v) is 20.1. The predicted molar refractivity (Wildman–Crippen MR) is 128 cm³/mol. The lowest BCUT2D eigenvalue weighted by Crippen LogP contribution is -2.48. The van der Waals surface area contributed by atoms with Gasteiger partial charge in [-0.25, -0.2) is 13.4 Å². The van der Waals surface area contributed by atoms with E-state index >= 15 is 0 Å². The molecule has 32 heavy (non-hydrogen) atoms. The van der Waals surface area contributed by atoms with E-state index in [1.165, 1.54) is 0 Å². The van der Waals surface area contributed by atoms with Gasteiger partial charge in [-0.05, 0) is 38.1 Å². The van der Waals surface area contributed by atoms with Gasteiger partial charge in [-0.1, -0.05) is 52.8 Å². The first-order valence-corrected chi connectivity index (χ1v) is 12.8. The average molecular weight is 491 g/mol. The molecular weight excluding hydrogens is 468 g/mol. The number of nitrogens with one attached hydrogen (secondary N) is 1. The number of aryl methyl sites for hydroxylation is 2. The summed E-state index contributed by atoms with van der Waals surface area (Å²) in [5.41, 5.74) is 2.44. The molecule has 1 amide bonds. The normalized spacial score (nSPS) is 14.5. The van der Waals surface area contributed by atoms with Crippen LogP contribution in [0.15, 0.2) is 53.4 Å². The van der Waals surface area contributed by atoms with Crippen LogP contribution in [0.1, 0.15) is 20.9 Å². The molecule has 1 saturated heterocycles. The molecule has 0 aliphatic carbocycles. The fraction of sp³-hybridized carbons (Fsp3) is 0.273. The van der Waals surface area contributed by atoms with E-state index in [1.54, 1.807) is 36.1 Å². The molecule has 1 N–H and O–H groups in total. The van der Waals surface area contributed by atoms with Gasteiger partial charge in [0.05, 0.1) is 21.3 Å². The van der Waals surface area contributed by atoms with Crippen LogP contribution in [-0.2, 0) is 10.0 Å². The number of thiazole rings is 1. The molecule has 2 aromatic carbocycles. The highest BCUT2D eigenvalue weighted by Gasteiger charge is 2.27. The Labute approximate surface area is 196 Å². The first-order valence-electron chi connectivity index (χ1n) is 10.1. The first-order chi connectivity index (χ1) is 15.2. The van der Waals surface area contributed by atoms with Crippen LogP contribution in [0, 0.1) is 13.8 Å². The molecule has 2 heterocycles.